The second kappa shape index (κ2) is 5.53. The largest absolute Gasteiger partial charge is 0.340 e. The molecule has 0 amide bonds. The van der Waals surface area contributed by atoms with Crippen LogP contribution in [0.5, 0.6) is 0 Å². The molecule has 92 valence electrons. The molecule has 2 aromatic heterocycles. The van der Waals surface area contributed by atoms with Gasteiger partial charge in [0.15, 0.2) is 5.82 Å². The van der Waals surface area contributed by atoms with Crippen LogP contribution in [0.2, 0.25) is 0 Å². The number of rotatable bonds is 6. The van der Waals surface area contributed by atoms with Crippen molar-refractivity contribution in [3.8, 4) is 0 Å². The van der Waals surface area contributed by atoms with Gasteiger partial charge in [0.2, 0.25) is 5.89 Å². The van der Waals surface area contributed by atoms with E-state index in [-0.39, 0.29) is 0 Å². The zero-order chi connectivity index (χ0) is 12.1. The Balaban J connectivity index is 1.89. The highest BCUT2D eigenvalue weighted by Crippen LogP contribution is 1.99. The van der Waals surface area contributed by atoms with Crippen molar-refractivity contribution in [2.45, 2.75) is 33.4 Å². The third kappa shape index (κ3) is 3.35. The second-order valence-corrected chi connectivity index (χ2v) is 3.81. The predicted octanol–water partition coefficient (Wildman–Crippen LogP) is 0.517. The lowest BCUT2D eigenvalue weighted by atomic mass is 10.4. The monoisotopic (exact) mass is 236 g/mol. The highest BCUT2D eigenvalue weighted by Gasteiger charge is 2.05. The van der Waals surface area contributed by atoms with Crippen molar-refractivity contribution in [1.82, 2.24) is 30.5 Å². The zero-order valence-electron chi connectivity index (χ0n) is 10.1. The Morgan fingerprint density at radius 2 is 2.35 bits per heavy atom. The lowest BCUT2D eigenvalue weighted by Crippen LogP contribution is -2.13. The summed E-state index contributed by atoms with van der Waals surface area (Å²) < 4.78 is 6.59. The molecule has 0 aliphatic rings. The van der Waals surface area contributed by atoms with Crippen molar-refractivity contribution in [3.63, 3.8) is 0 Å². The van der Waals surface area contributed by atoms with Crippen LogP contribution in [0.15, 0.2) is 10.7 Å². The molecule has 0 bridgehead atoms. The molecule has 0 saturated heterocycles. The van der Waals surface area contributed by atoms with Crippen molar-refractivity contribution in [3.05, 3.63) is 23.6 Å². The van der Waals surface area contributed by atoms with Gasteiger partial charge in [-0.2, -0.15) is 4.98 Å². The Kier molecular flexibility index (Phi) is 3.81. The summed E-state index contributed by atoms with van der Waals surface area (Å²) in [6.45, 7) is 6.09. The van der Waals surface area contributed by atoms with Crippen LogP contribution >= 0.6 is 0 Å². The van der Waals surface area contributed by atoms with Gasteiger partial charge in [-0.15, -0.1) is 5.10 Å². The number of hydrogen-bond donors (Lipinski definition) is 1. The normalized spacial score (nSPS) is 10.9. The first kappa shape index (κ1) is 11.7. The third-order valence-electron chi connectivity index (χ3n) is 2.19. The minimum atomic E-state index is 0.484. The van der Waals surface area contributed by atoms with Crippen LogP contribution in [0.25, 0.3) is 0 Å². The fourth-order valence-electron chi connectivity index (χ4n) is 1.44. The number of nitrogens with zero attached hydrogens (tertiary/aromatic N) is 5. The Bertz CT molecular complexity index is 463. The lowest BCUT2D eigenvalue weighted by molar-refractivity contribution is 0.385. The topological polar surface area (TPSA) is 81.7 Å². The van der Waals surface area contributed by atoms with Gasteiger partial charge in [-0.3, -0.25) is 0 Å². The van der Waals surface area contributed by atoms with E-state index in [1.807, 2.05) is 6.20 Å². The summed E-state index contributed by atoms with van der Waals surface area (Å²) in [6.07, 6.45) is 2.99. The Labute approximate surface area is 99.2 Å². The predicted molar refractivity (Wildman–Crippen MR) is 60.2 cm³/mol. The van der Waals surface area contributed by atoms with Gasteiger partial charge >= 0.3 is 0 Å². The van der Waals surface area contributed by atoms with Gasteiger partial charge in [-0.25, -0.2) is 4.68 Å². The fraction of sp³-hybridized carbons (Fsp3) is 0.600. The third-order valence-corrected chi connectivity index (χ3v) is 2.19. The van der Waals surface area contributed by atoms with E-state index in [1.54, 1.807) is 11.6 Å². The first-order chi connectivity index (χ1) is 8.28. The van der Waals surface area contributed by atoms with E-state index >= 15 is 0 Å². The maximum absolute atomic E-state index is 4.89. The number of aromatic nitrogens is 5. The molecule has 0 spiro atoms. The molecule has 2 heterocycles. The number of hydrogen-bond acceptors (Lipinski definition) is 6. The van der Waals surface area contributed by atoms with Gasteiger partial charge in [0.25, 0.3) is 0 Å². The SMILES string of the molecule is CCCNCc1cn(Cc2noc(C)n2)nn1. The van der Waals surface area contributed by atoms with Crippen molar-refractivity contribution in [1.29, 1.82) is 0 Å². The van der Waals surface area contributed by atoms with E-state index in [9.17, 15) is 0 Å². The Morgan fingerprint density at radius 1 is 1.47 bits per heavy atom. The first-order valence-electron chi connectivity index (χ1n) is 5.67. The van der Waals surface area contributed by atoms with E-state index in [2.05, 4.69) is 32.7 Å². The molecule has 2 rings (SSSR count). The van der Waals surface area contributed by atoms with E-state index in [0.29, 0.717) is 18.3 Å². The Hall–Kier alpha value is -1.76. The van der Waals surface area contributed by atoms with Crippen molar-refractivity contribution in [2.75, 3.05) is 6.54 Å². The van der Waals surface area contributed by atoms with E-state index in [0.717, 1.165) is 25.2 Å². The molecule has 7 heteroatoms. The van der Waals surface area contributed by atoms with Gasteiger partial charge in [-0.05, 0) is 13.0 Å². The molecule has 1 N–H and O–H groups in total. The zero-order valence-corrected chi connectivity index (χ0v) is 10.1. The molecule has 0 aliphatic heterocycles. The summed E-state index contributed by atoms with van der Waals surface area (Å²) in [5, 5.41) is 15.1. The molecule has 0 fully saturated rings. The molecule has 2 aromatic rings. The molecule has 0 aliphatic carbocycles. The average Bonchev–Trinajstić information content (AvgIpc) is 2.90. The van der Waals surface area contributed by atoms with Crippen LogP contribution < -0.4 is 5.32 Å². The minimum Gasteiger partial charge on any atom is -0.340 e. The maximum atomic E-state index is 4.89. The van der Waals surface area contributed by atoms with E-state index in [1.165, 1.54) is 0 Å². The van der Waals surface area contributed by atoms with Gasteiger partial charge in [0.1, 0.15) is 6.54 Å². The molecule has 7 nitrogen and oxygen atoms in total. The first-order valence-corrected chi connectivity index (χ1v) is 5.67. The standard InChI is InChI=1S/C10H16N6O/c1-3-4-11-5-9-6-16(15-13-9)7-10-12-8(2)17-14-10/h6,11H,3-5,7H2,1-2H3. The molecule has 0 unspecified atom stereocenters. The summed E-state index contributed by atoms with van der Waals surface area (Å²) in [4.78, 5) is 4.11. The van der Waals surface area contributed by atoms with Crippen molar-refractivity contribution < 1.29 is 4.52 Å². The molecule has 0 atom stereocenters. The van der Waals surface area contributed by atoms with Gasteiger partial charge in [0.05, 0.1) is 11.9 Å². The van der Waals surface area contributed by atoms with Crippen molar-refractivity contribution in [2.24, 2.45) is 0 Å². The molecule has 0 saturated carbocycles. The highest BCUT2D eigenvalue weighted by molar-refractivity contribution is 4.94. The molecule has 0 radical (unpaired) electrons. The quantitative estimate of drug-likeness (QED) is 0.736. The smallest absolute Gasteiger partial charge is 0.223 e. The number of nitrogens with one attached hydrogen (secondary N) is 1. The minimum absolute atomic E-state index is 0.484. The van der Waals surface area contributed by atoms with E-state index < -0.39 is 0 Å². The summed E-state index contributed by atoms with van der Waals surface area (Å²) in [6, 6.07) is 0. The van der Waals surface area contributed by atoms with Crippen LogP contribution in [-0.2, 0) is 13.1 Å². The molecule has 17 heavy (non-hydrogen) atoms. The van der Waals surface area contributed by atoms with Gasteiger partial charge < -0.3 is 9.84 Å². The summed E-state index contributed by atoms with van der Waals surface area (Å²) in [5.74, 6) is 1.17. The highest BCUT2D eigenvalue weighted by atomic mass is 16.5. The van der Waals surface area contributed by atoms with Crippen LogP contribution in [0.1, 0.15) is 30.8 Å². The molecular weight excluding hydrogens is 220 g/mol. The Morgan fingerprint density at radius 3 is 3.06 bits per heavy atom. The summed E-state index contributed by atoms with van der Waals surface area (Å²) in [5.41, 5.74) is 0.915. The van der Waals surface area contributed by atoms with Crippen LogP contribution in [0.4, 0.5) is 0 Å². The van der Waals surface area contributed by atoms with Crippen LogP contribution in [0.3, 0.4) is 0 Å². The van der Waals surface area contributed by atoms with E-state index in [4.69, 9.17) is 4.52 Å². The number of aryl methyl sites for hydroxylation is 1. The average molecular weight is 236 g/mol. The van der Waals surface area contributed by atoms with Crippen LogP contribution in [0, 0.1) is 6.92 Å². The fourth-order valence-corrected chi connectivity index (χ4v) is 1.44. The molecular formula is C10H16N6O. The van der Waals surface area contributed by atoms with Crippen LogP contribution in [-0.4, -0.2) is 31.7 Å². The maximum Gasteiger partial charge on any atom is 0.223 e. The molecule has 0 aromatic carbocycles. The summed E-state index contributed by atoms with van der Waals surface area (Å²) in [7, 11) is 0. The van der Waals surface area contributed by atoms with Crippen molar-refractivity contribution >= 4 is 0 Å². The second-order valence-electron chi connectivity index (χ2n) is 3.81. The van der Waals surface area contributed by atoms with Gasteiger partial charge in [-0.1, -0.05) is 17.3 Å². The van der Waals surface area contributed by atoms with Gasteiger partial charge in [0, 0.05) is 13.5 Å². The summed E-state index contributed by atoms with van der Waals surface area (Å²) >= 11 is 0. The lowest BCUT2D eigenvalue weighted by Gasteiger charge is -1.97.